The fourth-order valence-electron chi connectivity index (χ4n) is 13.5. The molecule has 0 amide bonds. The van der Waals surface area contributed by atoms with Gasteiger partial charge in [-0.05, 0) is 109 Å². The number of ether oxygens (including phenoxy) is 5. The van der Waals surface area contributed by atoms with Crippen molar-refractivity contribution < 1.29 is 63.9 Å². The molecular formula is C42H66O13. The fraction of sp³-hybridized carbons (Fsp3) is 0.905. The SMILES string of the molecule is COC(=O)[C@H]1O[C@@H](O[C@H]2CC[C@]3(C)[C@H]4CC=C5[C@@H]6CC(C)(C)CC[C@]6(C(=O)O)CC[C@@]5(C)[C@]4(C)CC[C@H]3C2(C)C)[C@H](O)[C@@H](O)[C@@H]1O[C@@H]1O[C@@H](CO)[C@H](O)[C@H]1O. The van der Waals surface area contributed by atoms with Crippen LogP contribution in [0.1, 0.15) is 113 Å². The quantitative estimate of drug-likeness (QED) is 0.124. The van der Waals surface area contributed by atoms with Gasteiger partial charge < -0.3 is 54.3 Å². The van der Waals surface area contributed by atoms with Crippen LogP contribution >= 0.6 is 0 Å². The summed E-state index contributed by atoms with van der Waals surface area (Å²) in [6, 6.07) is 0. The van der Waals surface area contributed by atoms with Gasteiger partial charge in [-0.15, -0.1) is 0 Å². The number of allylic oxidation sites excluding steroid dienone is 2. The summed E-state index contributed by atoms with van der Waals surface area (Å²) in [5.74, 6) is -0.851. The summed E-state index contributed by atoms with van der Waals surface area (Å²) >= 11 is 0. The van der Waals surface area contributed by atoms with Crippen molar-refractivity contribution in [2.45, 2.75) is 174 Å². The van der Waals surface area contributed by atoms with E-state index in [2.05, 4.69) is 54.5 Å². The van der Waals surface area contributed by atoms with E-state index in [0.29, 0.717) is 18.8 Å². The third-order valence-corrected chi connectivity index (χ3v) is 17.1. The van der Waals surface area contributed by atoms with Crippen LogP contribution < -0.4 is 0 Å². The summed E-state index contributed by atoms with van der Waals surface area (Å²) in [5, 5.41) is 63.6. The van der Waals surface area contributed by atoms with Crippen LogP contribution in [0.15, 0.2) is 11.6 Å². The lowest BCUT2D eigenvalue weighted by Gasteiger charge is -2.71. The van der Waals surface area contributed by atoms with Crippen molar-refractivity contribution in [2.75, 3.05) is 13.7 Å². The third-order valence-electron chi connectivity index (χ3n) is 17.1. The van der Waals surface area contributed by atoms with E-state index in [0.717, 1.165) is 58.5 Å². The van der Waals surface area contributed by atoms with E-state index < -0.39 is 90.8 Å². The number of aliphatic hydroxyl groups excluding tert-OH is 5. The molecule has 2 aliphatic heterocycles. The Labute approximate surface area is 325 Å². The highest BCUT2D eigenvalue weighted by Crippen LogP contribution is 2.76. The molecule has 0 aromatic carbocycles. The van der Waals surface area contributed by atoms with Crippen LogP contribution in [0.25, 0.3) is 0 Å². The summed E-state index contributed by atoms with van der Waals surface area (Å²) in [4.78, 5) is 26.1. The van der Waals surface area contributed by atoms with Crippen LogP contribution in [0.4, 0.5) is 0 Å². The van der Waals surface area contributed by atoms with E-state index in [1.54, 1.807) is 0 Å². The van der Waals surface area contributed by atoms with Crippen molar-refractivity contribution in [2.24, 2.45) is 50.2 Å². The summed E-state index contributed by atoms with van der Waals surface area (Å²) in [6.07, 6.45) is -2.93. The zero-order chi connectivity index (χ0) is 40.3. The van der Waals surface area contributed by atoms with Crippen molar-refractivity contribution in [3.8, 4) is 0 Å². The number of fused-ring (bicyclic) bond motifs is 7. The second-order valence-corrected chi connectivity index (χ2v) is 20.4. The number of carbonyl (C=O) groups excluding carboxylic acids is 1. The molecule has 0 bridgehead atoms. The molecule has 6 N–H and O–H groups in total. The average Bonchev–Trinajstić information content (AvgIpc) is 3.39. The number of carboxylic acids is 1. The minimum absolute atomic E-state index is 0.0161. The summed E-state index contributed by atoms with van der Waals surface area (Å²) in [5.41, 5.74) is 0.254. The molecule has 5 aliphatic carbocycles. The lowest BCUT2D eigenvalue weighted by molar-refractivity contribution is -0.342. The first-order valence-corrected chi connectivity index (χ1v) is 20.6. The largest absolute Gasteiger partial charge is 0.481 e. The van der Waals surface area contributed by atoms with Crippen LogP contribution in [0.2, 0.25) is 0 Å². The number of hydrogen-bond acceptors (Lipinski definition) is 12. The predicted molar refractivity (Wildman–Crippen MR) is 197 cm³/mol. The van der Waals surface area contributed by atoms with Crippen LogP contribution in [-0.2, 0) is 33.3 Å². The molecule has 312 valence electrons. The zero-order valence-electron chi connectivity index (χ0n) is 33.9. The van der Waals surface area contributed by atoms with Gasteiger partial charge in [-0.2, -0.15) is 0 Å². The third kappa shape index (κ3) is 6.10. The smallest absolute Gasteiger partial charge is 0.337 e. The van der Waals surface area contributed by atoms with Crippen molar-refractivity contribution in [3.63, 3.8) is 0 Å². The van der Waals surface area contributed by atoms with Crippen LogP contribution in [0.5, 0.6) is 0 Å². The number of carbonyl (C=O) groups is 2. The van der Waals surface area contributed by atoms with Crippen LogP contribution in [0, 0.1) is 50.2 Å². The average molecular weight is 779 g/mol. The van der Waals surface area contributed by atoms with E-state index in [4.69, 9.17) is 23.7 Å². The minimum atomic E-state index is -1.72. The van der Waals surface area contributed by atoms with Gasteiger partial charge in [0, 0.05) is 0 Å². The Morgan fingerprint density at radius 3 is 2.09 bits per heavy atom. The lowest BCUT2D eigenvalue weighted by Crippen LogP contribution is -2.66. The molecule has 7 rings (SSSR count). The highest BCUT2D eigenvalue weighted by atomic mass is 16.7. The Morgan fingerprint density at radius 1 is 0.800 bits per heavy atom. The van der Waals surface area contributed by atoms with Gasteiger partial charge in [-0.25, -0.2) is 4.79 Å². The van der Waals surface area contributed by atoms with Crippen LogP contribution in [-0.4, -0.2) is 118 Å². The fourth-order valence-corrected chi connectivity index (χ4v) is 13.5. The molecule has 13 nitrogen and oxygen atoms in total. The van der Waals surface area contributed by atoms with Crippen molar-refractivity contribution in [1.82, 2.24) is 0 Å². The number of hydrogen-bond donors (Lipinski definition) is 6. The molecule has 6 fully saturated rings. The lowest BCUT2D eigenvalue weighted by atomic mass is 9.33. The first-order chi connectivity index (χ1) is 25.6. The maximum Gasteiger partial charge on any atom is 0.337 e. The molecule has 2 heterocycles. The first-order valence-electron chi connectivity index (χ1n) is 20.6. The first kappa shape index (κ1) is 41.5. The van der Waals surface area contributed by atoms with Crippen LogP contribution in [0.3, 0.4) is 0 Å². The molecule has 0 unspecified atom stereocenters. The van der Waals surface area contributed by atoms with Crippen molar-refractivity contribution in [3.05, 3.63) is 11.6 Å². The molecule has 0 radical (unpaired) electrons. The number of carboxylic acid groups (broad SMARTS) is 1. The van der Waals surface area contributed by atoms with Gasteiger partial charge in [0.25, 0.3) is 0 Å². The van der Waals surface area contributed by atoms with Gasteiger partial charge in [0.1, 0.15) is 36.6 Å². The van der Waals surface area contributed by atoms with Gasteiger partial charge in [0.2, 0.25) is 0 Å². The number of aliphatic carboxylic acids is 1. The number of rotatable bonds is 7. The molecule has 0 aromatic heterocycles. The maximum atomic E-state index is 13.0. The van der Waals surface area contributed by atoms with Gasteiger partial charge in [-0.3, -0.25) is 4.79 Å². The zero-order valence-corrected chi connectivity index (χ0v) is 33.9. The van der Waals surface area contributed by atoms with Crippen molar-refractivity contribution in [1.29, 1.82) is 0 Å². The van der Waals surface area contributed by atoms with E-state index in [1.807, 2.05) is 0 Å². The second-order valence-electron chi connectivity index (χ2n) is 20.4. The van der Waals surface area contributed by atoms with Gasteiger partial charge in [0.15, 0.2) is 18.7 Å². The van der Waals surface area contributed by atoms with Gasteiger partial charge >= 0.3 is 11.9 Å². The molecule has 4 saturated carbocycles. The second kappa shape index (κ2) is 14.0. The topological polar surface area (TPSA) is 202 Å². The highest BCUT2D eigenvalue weighted by Gasteiger charge is 2.69. The van der Waals surface area contributed by atoms with Gasteiger partial charge in [0.05, 0.1) is 25.2 Å². The molecule has 17 atom stereocenters. The summed E-state index contributed by atoms with van der Waals surface area (Å²) < 4.78 is 28.8. The Bertz CT molecular complexity index is 1530. The molecule has 2 saturated heterocycles. The minimum Gasteiger partial charge on any atom is -0.481 e. The molecule has 7 aliphatic rings. The normalized spacial score (nSPS) is 51.4. The van der Waals surface area contributed by atoms with Gasteiger partial charge in [-0.1, -0.05) is 60.1 Å². The Hall–Kier alpha value is -1.68. The molecule has 0 aromatic rings. The highest BCUT2D eigenvalue weighted by molar-refractivity contribution is 5.77. The Kier molecular flexibility index (Phi) is 10.5. The van der Waals surface area contributed by atoms with E-state index in [1.165, 1.54) is 5.57 Å². The van der Waals surface area contributed by atoms with Crippen molar-refractivity contribution >= 4 is 11.9 Å². The standard InChI is InChI=1S/C42H66O13/c1-37(2)15-17-42(36(49)50)18-16-40(6)21(22(42)19-37)9-10-25-39(5)13-12-26(38(3,4)24(39)11-14-41(25,40)7)53-35-30(47)28(45)31(32(55-35)33(48)51-8)54-34-29(46)27(44)23(20-43)52-34/h9,22-32,34-35,43-47H,10-20H2,1-8H3,(H,49,50)/t22-,23-,24-,25+,26-,27-,28+,29+,30+,31-,32-,34-,35+,39-,40+,41+,42-/m0/s1. The monoisotopic (exact) mass is 778 g/mol. The van der Waals surface area contributed by atoms with E-state index in [-0.39, 0.29) is 33.5 Å². The molecule has 55 heavy (non-hydrogen) atoms. The summed E-state index contributed by atoms with van der Waals surface area (Å²) in [6.45, 7) is 15.8. The predicted octanol–water partition coefficient (Wildman–Crippen LogP) is 3.70. The number of methoxy groups -OCH3 is 1. The molecule has 0 spiro atoms. The molecule has 13 heteroatoms. The summed E-state index contributed by atoms with van der Waals surface area (Å²) in [7, 11) is 1.15. The van der Waals surface area contributed by atoms with E-state index in [9.17, 15) is 40.2 Å². The Balaban J connectivity index is 1.11. The Morgan fingerprint density at radius 2 is 1.45 bits per heavy atom. The number of esters is 1. The molecular weight excluding hydrogens is 712 g/mol. The maximum absolute atomic E-state index is 13.0. The van der Waals surface area contributed by atoms with E-state index >= 15 is 0 Å². The number of aliphatic hydroxyl groups is 5.